The lowest BCUT2D eigenvalue weighted by Crippen LogP contribution is -2.45. The molecule has 1 atom stereocenters. The molecule has 1 aliphatic heterocycles. The number of amides is 1. The zero-order valence-corrected chi connectivity index (χ0v) is 17.2. The van der Waals surface area contributed by atoms with Gasteiger partial charge in [0.1, 0.15) is 10.6 Å². The highest BCUT2D eigenvalue weighted by Crippen LogP contribution is 2.26. The predicted octanol–water partition coefficient (Wildman–Crippen LogP) is 1.68. The summed E-state index contributed by atoms with van der Waals surface area (Å²) in [4.78, 5) is 12.4. The molecule has 1 heterocycles. The van der Waals surface area contributed by atoms with Crippen molar-refractivity contribution < 1.29 is 17.9 Å². The van der Waals surface area contributed by atoms with Gasteiger partial charge in [0, 0.05) is 23.7 Å². The first-order chi connectivity index (χ1) is 11.6. The minimum absolute atomic E-state index is 0. The minimum atomic E-state index is -3.82. The molecule has 2 rings (SSSR count). The van der Waals surface area contributed by atoms with Gasteiger partial charge in [-0.2, -0.15) is 0 Å². The second-order valence-electron chi connectivity index (χ2n) is 7.24. The molecule has 0 unspecified atom stereocenters. The molecule has 1 aliphatic rings. The van der Waals surface area contributed by atoms with E-state index >= 15 is 0 Å². The third kappa shape index (κ3) is 6.12. The van der Waals surface area contributed by atoms with E-state index in [1.807, 2.05) is 0 Å². The molecule has 148 valence electrons. The molecular weight excluding hydrogens is 378 g/mol. The molecule has 0 spiro atoms. The lowest BCUT2D eigenvalue weighted by Gasteiger charge is -2.24. The van der Waals surface area contributed by atoms with E-state index in [-0.39, 0.29) is 35.0 Å². The fourth-order valence-corrected chi connectivity index (χ4v) is 4.34. The van der Waals surface area contributed by atoms with Crippen molar-refractivity contribution in [2.24, 2.45) is 0 Å². The van der Waals surface area contributed by atoms with Gasteiger partial charge in [-0.25, -0.2) is 13.1 Å². The molecule has 1 amide bonds. The van der Waals surface area contributed by atoms with Gasteiger partial charge in [0.2, 0.25) is 10.0 Å². The Kier molecular flexibility index (Phi) is 7.88. The van der Waals surface area contributed by atoms with Gasteiger partial charge in [-0.1, -0.05) is 0 Å². The van der Waals surface area contributed by atoms with E-state index in [4.69, 9.17) is 4.74 Å². The summed E-state index contributed by atoms with van der Waals surface area (Å²) in [5.41, 5.74) is -0.351. The van der Waals surface area contributed by atoms with Crippen molar-refractivity contribution in [3.05, 3.63) is 23.8 Å². The van der Waals surface area contributed by atoms with Crippen molar-refractivity contribution in [2.45, 2.75) is 50.1 Å². The number of sulfonamides is 1. The number of carbonyl (C=O) groups is 1. The minimum Gasteiger partial charge on any atom is -0.495 e. The topological polar surface area (TPSA) is 96.5 Å². The fraction of sp³-hybridized carbons (Fsp3) is 0.588. The Hall–Kier alpha value is -1.35. The number of methoxy groups -OCH3 is 1. The van der Waals surface area contributed by atoms with Crippen LogP contribution in [0.4, 0.5) is 0 Å². The van der Waals surface area contributed by atoms with Crippen LogP contribution in [0.3, 0.4) is 0 Å². The second kappa shape index (κ2) is 9.03. The van der Waals surface area contributed by atoms with Crippen LogP contribution in [-0.2, 0) is 10.0 Å². The molecule has 26 heavy (non-hydrogen) atoms. The molecule has 1 aromatic carbocycles. The Morgan fingerprint density at radius 2 is 2.00 bits per heavy atom. The first-order valence-electron chi connectivity index (χ1n) is 8.36. The first-order valence-corrected chi connectivity index (χ1v) is 9.84. The standard InChI is InChI=1S/C17H27N3O4S.ClH/c1-17(2,3)20-25(22,23)15-10-12(7-8-14(15)24-4)16(21)19-13-6-5-9-18-11-13;/h7-8,10,13,18,20H,5-6,9,11H2,1-4H3,(H,19,21);1H/t13-;/m0./s1. The molecule has 0 bridgehead atoms. The van der Waals surface area contributed by atoms with Gasteiger partial charge in [0.25, 0.3) is 5.91 Å². The molecule has 0 aliphatic carbocycles. The maximum atomic E-state index is 12.7. The zero-order valence-electron chi connectivity index (χ0n) is 15.6. The van der Waals surface area contributed by atoms with Gasteiger partial charge in [0.05, 0.1) is 7.11 Å². The number of piperidine rings is 1. The highest BCUT2D eigenvalue weighted by atomic mass is 35.5. The number of benzene rings is 1. The molecule has 1 saturated heterocycles. The van der Waals surface area contributed by atoms with Crippen LogP contribution in [0.1, 0.15) is 44.0 Å². The summed E-state index contributed by atoms with van der Waals surface area (Å²) in [5, 5.41) is 6.17. The summed E-state index contributed by atoms with van der Waals surface area (Å²) in [6.45, 7) is 6.94. The second-order valence-corrected chi connectivity index (χ2v) is 8.89. The monoisotopic (exact) mass is 405 g/mol. The summed E-state index contributed by atoms with van der Waals surface area (Å²) in [6.07, 6.45) is 1.91. The number of hydrogen-bond acceptors (Lipinski definition) is 5. The molecule has 1 aromatic rings. The number of carbonyl (C=O) groups excluding carboxylic acids is 1. The van der Waals surface area contributed by atoms with E-state index in [2.05, 4.69) is 15.4 Å². The van der Waals surface area contributed by atoms with E-state index in [0.29, 0.717) is 5.56 Å². The van der Waals surface area contributed by atoms with E-state index in [0.717, 1.165) is 25.9 Å². The van der Waals surface area contributed by atoms with Crippen molar-refractivity contribution >= 4 is 28.3 Å². The van der Waals surface area contributed by atoms with E-state index < -0.39 is 15.6 Å². The van der Waals surface area contributed by atoms with Crippen LogP contribution >= 0.6 is 12.4 Å². The maximum Gasteiger partial charge on any atom is 0.251 e. The van der Waals surface area contributed by atoms with Crippen LogP contribution in [0.15, 0.2) is 23.1 Å². The van der Waals surface area contributed by atoms with Crippen molar-refractivity contribution in [1.82, 2.24) is 15.4 Å². The van der Waals surface area contributed by atoms with E-state index in [1.165, 1.54) is 19.2 Å². The Labute approximate surface area is 161 Å². The van der Waals surface area contributed by atoms with Gasteiger partial charge in [-0.15, -0.1) is 12.4 Å². The molecule has 1 fully saturated rings. The number of ether oxygens (including phenoxy) is 1. The summed E-state index contributed by atoms with van der Waals surface area (Å²) >= 11 is 0. The molecule has 0 radical (unpaired) electrons. The third-order valence-corrected chi connectivity index (χ3v) is 5.57. The Morgan fingerprint density at radius 3 is 2.54 bits per heavy atom. The number of hydrogen-bond donors (Lipinski definition) is 3. The number of nitrogens with one attached hydrogen (secondary N) is 3. The summed E-state index contributed by atoms with van der Waals surface area (Å²) in [7, 11) is -2.42. The molecule has 9 heteroatoms. The molecule has 7 nitrogen and oxygen atoms in total. The number of rotatable bonds is 5. The first kappa shape index (κ1) is 22.7. The van der Waals surface area contributed by atoms with E-state index in [9.17, 15) is 13.2 Å². The highest BCUT2D eigenvalue weighted by molar-refractivity contribution is 7.89. The Balaban J connectivity index is 0.00000338. The lowest BCUT2D eigenvalue weighted by atomic mass is 10.1. The van der Waals surface area contributed by atoms with Gasteiger partial charge in [-0.05, 0) is 58.4 Å². The van der Waals surface area contributed by atoms with Gasteiger partial charge in [-0.3, -0.25) is 4.79 Å². The highest BCUT2D eigenvalue weighted by Gasteiger charge is 2.27. The quantitative estimate of drug-likeness (QED) is 0.692. The summed E-state index contributed by atoms with van der Waals surface area (Å²) in [5.74, 6) is -0.0869. The molecule has 3 N–H and O–H groups in total. The van der Waals surface area contributed by atoms with Crippen LogP contribution in [0.25, 0.3) is 0 Å². The zero-order chi connectivity index (χ0) is 18.7. The molecule has 0 saturated carbocycles. The van der Waals surface area contributed by atoms with Gasteiger partial charge in [0.15, 0.2) is 0 Å². The van der Waals surface area contributed by atoms with Crippen LogP contribution in [0, 0.1) is 0 Å². The van der Waals surface area contributed by atoms with Crippen molar-refractivity contribution in [3.8, 4) is 5.75 Å². The average Bonchev–Trinajstić information content (AvgIpc) is 2.53. The van der Waals surface area contributed by atoms with E-state index in [1.54, 1.807) is 26.8 Å². The Bertz CT molecular complexity index is 726. The van der Waals surface area contributed by atoms with Crippen molar-refractivity contribution in [1.29, 1.82) is 0 Å². The van der Waals surface area contributed by atoms with Gasteiger partial charge >= 0.3 is 0 Å². The Morgan fingerprint density at radius 1 is 1.31 bits per heavy atom. The van der Waals surface area contributed by atoms with Crippen molar-refractivity contribution in [2.75, 3.05) is 20.2 Å². The molecular formula is C17H28ClN3O4S. The third-order valence-electron chi connectivity index (χ3n) is 3.79. The van der Waals surface area contributed by atoms with Crippen LogP contribution in [-0.4, -0.2) is 46.1 Å². The summed E-state index contributed by atoms with van der Waals surface area (Å²) in [6, 6.07) is 4.49. The largest absolute Gasteiger partial charge is 0.495 e. The maximum absolute atomic E-state index is 12.7. The van der Waals surface area contributed by atoms with Crippen LogP contribution in [0.2, 0.25) is 0 Å². The van der Waals surface area contributed by atoms with Crippen molar-refractivity contribution in [3.63, 3.8) is 0 Å². The molecule has 0 aromatic heterocycles. The van der Waals surface area contributed by atoms with Crippen LogP contribution < -0.4 is 20.1 Å². The fourth-order valence-electron chi connectivity index (χ4n) is 2.73. The van der Waals surface area contributed by atoms with Crippen LogP contribution in [0.5, 0.6) is 5.75 Å². The SMILES string of the molecule is COc1ccc(C(=O)N[C@H]2CCCNC2)cc1S(=O)(=O)NC(C)(C)C.Cl. The lowest BCUT2D eigenvalue weighted by molar-refractivity contribution is 0.0930. The smallest absolute Gasteiger partial charge is 0.251 e. The number of halogens is 1. The predicted molar refractivity (Wildman–Crippen MR) is 104 cm³/mol. The van der Waals surface area contributed by atoms with Gasteiger partial charge < -0.3 is 15.4 Å². The normalized spacial score (nSPS) is 17.9. The summed E-state index contributed by atoms with van der Waals surface area (Å²) < 4.78 is 33.1. The average molecular weight is 406 g/mol.